The Morgan fingerprint density at radius 1 is 1.24 bits per heavy atom. The Balaban J connectivity index is 1.25. The number of rotatable bonds is 7. The first-order chi connectivity index (χ1) is 16.3. The number of hydrogen-bond donors (Lipinski definition) is 2. The monoisotopic (exact) mass is 478 g/mol. The molecule has 2 aromatic carbocycles. The van der Waals surface area contributed by atoms with Crippen LogP contribution in [0.4, 0.5) is 5.69 Å². The van der Waals surface area contributed by atoms with Gasteiger partial charge in [-0.2, -0.15) is 9.75 Å². The maximum Gasteiger partial charge on any atom is 0.255 e. The fourth-order valence-electron chi connectivity index (χ4n) is 4.65. The second kappa shape index (κ2) is 9.17. The van der Waals surface area contributed by atoms with Crippen LogP contribution >= 0.6 is 11.8 Å². The number of thioether (sulfide) groups is 1. The summed E-state index contributed by atoms with van der Waals surface area (Å²) in [7, 11) is 1.79. The van der Waals surface area contributed by atoms with Crippen molar-refractivity contribution >= 4 is 23.4 Å². The number of hydroxylamine groups is 3. The highest BCUT2D eigenvalue weighted by Crippen LogP contribution is 2.38. The number of carbonyl (C=O) groups excluding carboxylic acids is 1. The molecule has 1 atom stereocenters. The zero-order valence-corrected chi connectivity index (χ0v) is 20.8. The summed E-state index contributed by atoms with van der Waals surface area (Å²) in [6.45, 7) is 7.18. The van der Waals surface area contributed by atoms with Gasteiger partial charge in [-0.15, -0.1) is 11.8 Å². The number of hydrogen-bond acceptors (Lipinski definition) is 5. The highest BCUT2D eigenvalue weighted by Gasteiger charge is 2.41. The summed E-state index contributed by atoms with van der Waals surface area (Å²) in [6, 6.07) is 15.6. The zero-order valence-electron chi connectivity index (χ0n) is 20.0. The lowest BCUT2D eigenvalue weighted by molar-refractivity contribution is -1.11. The largest absolute Gasteiger partial charge is 0.322 e. The lowest BCUT2D eigenvalue weighted by atomic mass is 10.1. The summed E-state index contributed by atoms with van der Waals surface area (Å²) in [6.07, 6.45) is 2.35. The van der Waals surface area contributed by atoms with E-state index in [4.69, 9.17) is 4.84 Å². The van der Waals surface area contributed by atoms with Crippen molar-refractivity contribution in [2.45, 2.75) is 43.9 Å². The Morgan fingerprint density at radius 2 is 2.03 bits per heavy atom. The molecule has 34 heavy (non-hydrogen) atoms. The third-order valence-electron chi connectivity index (χ3n) is 6.57. The van der Waals surface area contributed by atoms with Gasteiger partial charge in [0.1, 0.15) is 19.6 Å². The second-order valence-electron chi connectivity index (χ2n) is 9.94. The van der Waals surface area contributed by atoms with Gasteiger partial charge < -0.3 is 5.32 Å². The number of nitrogens with zero attached hydrogens (tertiary/aromatic N) is 3. The highest BCUT2D eigenvalue weighted by molar-refractivity contribution is 8.00. The van der Waals surface area contributed by atoms with E-state index in [-0.39, 0.29) is 10.7 Å². The van der Waals surface area contributed by atoms with Crippen LogP contribution in [0.25, 0.3) is 11.4 Å². The molecule has 1 aromatic heterocycles. The molecule has 2 heterocycles. The first kappa shape index (κ1) is 23.1. The van der Waals surface area contributed by atoms with Crippen LogP contribution in [0.5, 0.6) is 0 Å². The molecule has 0 bridgehead atoms. The Labute approximate surface area is 204 Å². The van der Waals surface area contributed by atoms with Gasteiger partial charge in [-0.3, -0.25) is 9.89 Å². The first-order valence-electron chi connectivity index (χ1n) is 11.8. The van der Waals surface area contributed by atoms with Crippen LogP contribution in [0.1, 0.15) is 54.4 Å². The molecule has 1 saturated carbocycles. The molecule has 1 amide bonds. The van der Waals surface area contributed by atoms with E-state index >= 15 is 0 Å². The Bertz CT molecular complexity index is 1170. The van der Waals surface area contributed by atoms with Crippen molar-refractivity contribution < 1.29 is 14.3 Å². The van der Waals surface area contributed by atoms with Gasteiger partial charge in [0.15, 0.2) is 11.6 Å². The minimum atomic E-state index is -0.121. The standard InChI is InChI=1S/C26H31N5O2S/c1-26(2)17-31(33-3,13-14-34-26)16-18-5-4-6-21(15-18)25(32)27-22-11-9-20(10-12-22)24-28-23(29-30-24)19-7-8-19/h4-6,9-12,15,19H,7-8,13-14,16-17H2,1-3H3,(H-,27,28,29,30,32)/p+1. The summed E-state index contributed by atoms with van der Waals surface area (Å²) in [5, 5.41) is 10.4. The van der Waals surface area contributed by atoms with Crippen LogP contribution in [0.3, 0.4) is 0 Å². The Hall–Kier alpha value is -2.68. The van der Waals surface area contributed by atoms with Gasteiger partial charge in [-0.25, -0.2) is 9.82 Å². The molecular formula is C26H32N5O2S+. The number of amides is 1. The van der Waals surface area contributed by atoms with E-state index in [1.165, 1.54) is 12.8 Å². The lowest BCUT2D eigenvalue weighted by Crippen LogP contribution is -2.57. The number of H-pyrrole nitrogens is 1. The zero-order chi connectivity index (χ0) is 23.8. The van der Waals surface area contributed by atoms with Crippen molar-refractivity contribution in [2.24, 2.45) is 0 Å². The molecule has 178 valence electrons. The van der Waals surface area contributed by atoms with Gasteiger partial charge in [0.05, 0.1) is 11.9 Å². The summed E-state index contributed by atoms with van der Waals surface area (Å²) < 4.78 is 0.747. The van der Waals surface area contributed by atoms with E-state index in [1.807, 2.05) is 54.2 Å². The maximum absolute atomic E-state index is 13.0. The van der Waals surface area contributed by atoms with E-state index in [0.29, 0.717) is 16.1 Å². The third-order valence-corrected chi connectivity index (χ3v) is 7.87. The maximum atomic E-state index is 13.0. The quantitative estimate of drug-likeness (QED) is 0.467. The second-order valence-corrected chi connectivity index (χ2v) is 11.7. The molecule has 2 aliphatic rings. The molecule has 7 nitrogen and oxygen atoms in total. The molecule has 2 fully saturated rings. The smallest absolute Gasteiger partial charge is 0.255 e. The molecule has 5 rings (SSSR count). The fourth-order valence-corrected chi connectivity index (χ4v) is 5.95. The topological polar surface area (TPSA) is 79.9 Å². The third kappa shape index (κ3) is 5.19. The van der Waals surface area contributed by atoms with Gasteiger partial charge in [0, 0.05) is 34.0 Å². The fraction of sp³-hybridized carbons (Fsp3) is 0.423. The van der Waals surface area contributed by atoms with Gasteiger partial charge >= 0.3 is 0 Å². The molecule has 2 N–H and O–H groups in total. The number of nitrogens with one attached hydrogen (secondary N) is 2. The van der Waals surface area contributed by atoms with Gasteiger partial charge in [-0.1, -0.05) is 12.1 Å². The minimum Gasteiger partial charge on any atom is -0.322 e. The number of quaternary nitrogens is 1. The summed E-state index contributed by atoms with van der Waals surface area (Å²) >= 11 is 1.99. The van der Waals surface area contributed by atoms with E-state index in [2.05, 4.69) is 40.4 Å². The summed E-state index contributed by atoms with van der Waals surface area (Å²) in [4.78, 5) is 23.6. The van der Waals surface area contributed by atoms with Gasteiger partial charge in [-0.05, 0) is 63.1 Å². The van der Waals surface area contributed by atoms with Crippen molar-refractivity contribution in [3.05, 3.63) is 65.5 Å². The predicted molar refractivity (Wildman–Crippen MR) is 135 cm³/mol. The Kier molecular flexibility index (Phi) is 6.22. The number of anilines is 1. The van der Waals surface area contributed by atoms with Crippen LogP contribution in [-0.2, 0) is 11.4 Å². The van der Waals surface area contributed by atoms with Crippen LogP contribution in [-0.4, -0.2) is 56.4 Å². The number of benzene rings is 2. The van der Waals surface area contributed by atoms with Crippen LogP contribution in [0, 0.1) is 0 Å². The van der Waals surface area contributed by atoms with Crippen LogP contribution in [0.2, 0.25) is 0 Å². The van der Waals surface area contributed by atoms with E-state index in [9.17, 15) is 4.79 Å². The SMILES string of the molecule is CO[N+]1(Cc2cccc(C(=O)Nc3ccc(-c4nc(C5CC5)n[nH]4)cc3)c2)CCSC(C)(C)C1. The van der Waals surface area contributed by atoms with E-state index in [1.54, 1.807) is 7.11 Å². The van der Waals surface area contributed by atoms with E-state index < -0.39 is 0 Å². The molecule has 1 saturated heterocycles. The number of aromatic nitrogens is 3. The molecule has 3 aromatic rings. The van der Waals surface area contributed by atoms with Crippen LogP contribution < -0.4 is 5.32 Å². The summed E-state index contributed by atoms with van der Waals surface area (Å²) in [5.41, 5.74) is 3.45. The van der Waals surface area contributed by atoms with E-state index in [0.717, 1.165) is 53.9 Å². The predicted octanol–water partition coefficient (Wildman–Crippen LogP) is 5.01. The molecule has 1 unspecified atom stereocenters. The molecular weight excluding hydrogens is 446 g/mol. The molecule has 8 heteroatoms. The van der Waals surface area contributed by atoms with Crippen molar-refractivity contribution in [2.75, 3.05) is 31.3 Å². The molecule has 0 radical (unpaired) electrons. The van der Waals surface area contributed by atoms with Crippen molar-refractivity contribution in [3.63, 3.8) is 0 Å². The highest BCUT2D eigenvalue weighted by atomic mass is 32.2. The lowest BCUT2D eigenvalue weighted by Gasteiger charge is -2.43. The first-order valence-corrected chi connectivity index (χ1v) is 12.8. The average molecular weight is 479 g/mol. The van der Waals surface area contributed by atoms with Gasteiger partial charge in [0.25, 0.3) is 5.91 Å². The van der Waals surface area contributed by atoms with Crippen molar-refractivity contribution in [3.8, 4) is 11.4 Å². The molecule has 1 aliphatic carbocycles. The van der Waals surface area contributed by atoms with Crippen molar-refractivity contribution in [1.29, 1.82) is 0 Å². The van der Waals surface area contributed by atoms with Crippen LogP contribution in [0.15, 0.2) is 48.5 Å². The normalized spacial score (nSPS) is 21.9. The van der Waals surface area contributed by atoms with Crippen molar-refractivity contribution in [1.82, 2.24) is 15.2 Å². The number of aromatic amines is 1. The molecule has 0 spiro atoms. The summed E-state index contributed by atoms with van der Waals surface area (Å²) in [5.74, 6) is 3.12. The Morgan fingerprint density at radius 3 is 2.74 bits per heavy atom. The average Bonchev–Trinajstić information content (AvgIpc) is 3.55. The molecule has 1 aliphatic heterocycles. The minimum absolute atomic E-state index is 0.121. The van der Waals surface area contributed by atoms with Gasteiger partial charge in [0.2, 0.25) is 0 Å². The number of carbonyl (C=O) groups is 1.